The molecule has 0 radical (unpaired) electrons. The van der Waals surface area contributed by atoms with Crippen LogP contribution in [0.3, 0.4) is 0 Å². The highest BCUT2D eigenvalue weighted by Gasteiger charge is 2.30. The van der Waals surface area contributed by atoms with Gasteiger partial charge in [0.05, 0.1) is 17.7 Å². The lowest BCUT2D eigenvalue weighted by molar-refractivity contribution is 0.936. The van der Waals surface area contributed by atoms with Crippen LogP contribution in [0, 0.1) is 0 Å². The molecule has 4 aromatic carbocycles. The van der Waals surface area contributed by atoms with E-state index in [1.807, 2.05) is 0 Å². The fourth-order valence-corrected chi connectivity index (χ4v) is 8.14. The molecule has 3 heterocycles. The van der Waals surface area contributed by atoms with Crippen LogP contribution in [0.5, 0.6) is 0 Å². The first-order valence-electron chi connectivity index (χ1n) is 13.0. The minimum atomic E-state index is -2.01. The predicted molar refractivity (Wildman–Crippen MR) is 161 cm³/mol. The summed E-state index contributed by atoms with van der Waals surface area (Å²) >= 11 is 0. The Hall–Kier alpha value is -4.42. The van der Waals surface area contributed by atoms with Crippen LogP contribution in [0.2, 0.25) is 13.1 Å². The molecule has 1 aliphatic heterocycles. The van der Waals surface area contributed by atoms with E-state index in [1.54, 1.807) is 12.4 Å². The topological polar surface area (TPSA) is 37.2 Å². The highest BCUT2D eigenvalue weighted by molar-refractivity contribution is 7.00. The van der Waals surface area contributed by atoms with Crippen molar-refractivity contribution < 1.29 is 0 Å². The van der Waals surface area contributed by atoms with Crippen LogP contribution < -0.4 is 20.2 Å². The molecule has 0 saturated carbocycles. The third kappa shape index (κ3) is 3.44. The smallest absolute Gasteiger partial charge is 0.178 e. The van der Waals surface area contributed by atoms with Gasteiger partial charge in [-0.05, 0) is 36.4 Å². The average Bonchev–Trinajstić information content (AvgIpc) is 3.48. The minimum absolute atomic E-state index is 0.746. The van der Waals surface area contributed by atoms with E-state index in [0.717, 1.165) is 24.0 Å². The Balaban J connectivity index is 1.34. The van der Waals surface area contributed by atoms with E-state index in [2.05, 4.69) is 142 Å². The van der Waals surface area contributed by atoms with Gasteiger partial charge >= 0.3 is 0 Å². The van der Waals surface area contributed by atoms with E-state index in [-0.39, 0.29) is 0 Å². The van der Waals surface area contributed by atoms with Crippen LogP contribution in [-0.2, 0) is 0 Å². The highest BCUT2D eigenvalue weighted by atomic mass is 28.3. The molecule has 0 fully saturated rings. The minimum Gasteiger partial charge on any atom is -0.338 e. The van der Waals surface area contributed by atoms with Crippen molar-refractivity contribution in [1.29, 1.82) is 0 Å². The van der Waals surface area contributed by atoms with Gasteiger partial charge in [-0.1, -0.05) is 84.1 Å². The molecule has 0 unspecified atom stereocenters. The second kappa shape index (κ2) is 8.57. The predicted octanol–water partition coefficient (Wildman–Crippen LogP) is 5.94. The lowest BCUT2D eigenvalue weighted by atomic mass is 10.1. The molecule has 2 aromatic heterocycles. The number of rotatable bonds is 4. The zero-order valence-corrected chi connectivity index (χ0v) is 22.8. The molecule has 0 atom stereocenters. The van der Waals surface area contributed by atoms with E-state index < -0.39 is 8.07 Å². The maximum Gasteiger partial charge on any atom is 0.178 e. The summed E-state index contributed by atoms with van der Waals surface area (Å²) in [7, 11) is 0.0600. The van der Waals surface area contributed by atoms with Crippen LogP contribution in [-0.4, -0.2) is 36.3 Å². The lowest BCUT2D eigenvalue weighted by Gasteiger charge is -2.26. The number of anilines is 3. The number of aromatic nitrogens is 3. The Kier molecular flexibility index (Phi) is 5.13. The number of benzene rings is 4. The Morgan fingerprint density at radius 2 is 1.32 bits per heavy atom. The summed E-state index contributed by atoms with van der Waals surface area (Å²) in [6, 6.07) is 35.5. The normalized spacial score (nSPS) is 13.4. The van der Waals surface area contributed by atoms with Gasteiger partial charge in [-0.3, -0.25) is 0 Å². The second-order valence-corrected chi connectivity index (χ2v) is 15.0. The standard InChI is InChI=1S/C32H29N5Si/c1-35-22-36(32-31(35)33-18-19-34-32)24-12-9-13-25(20-24)38(2,3)26-16-17-30-28(21-26)27-14-7-8-15-29(27)37(30)23-10-5-4-6-11-23/h4-21H,22H2,1-3H3. The monoisotopic (exact) mass is 511 g/mol. The van der Waals surface area contributed by atoms with Gasteiger partial charge in [0, 0.05) is 41.6 Å². The molecule has 7 rings (SSSR count). The SMILES string of the molecule is CN1CN(c2cccc([Si](C)(C)c3ccc4c(c3)c3ccccc3n4-c3ccccc3)c2)c2nccnc21. The molecule has 6 heteroatoms. The number of nitrogens with zero attached hydrogens (tertiary/aromatic N) is 5. The first-order chi connectivity index (χ1) is 18.5. The maximum absolute atomic E-state index is 4.64. The first-order valence-corrected chi connectivity index (χ1v) is 16.0. The Bertz CT molecular complexity index is 1810. The van der Waals surface area contributed by atoms with Crippen LogP contribution in [0.25, 0.3) is 27.5 Å². The van der Waals surface area contributed by atoms with E-state index in [0.29, 0.717) is 0 Å². The molecular weight excluding hydrogens is 482 g/mol. The van der Waals surface area contributed by atoms with Gasteiger partial charge in [0.15, 0.2) is 11.6 Å². The summed E-state index contributed by atoms with van der Waals surface area (Å²) in [6.45, 7) is 5.65. The Labute approximate surface area is 223 Å². The molecule has 0 N–H and O–H groups in total. The van der Waals surface area contributed by atoms with Crippen LogP contribution in [0.1, 0.15) is 0 Å². The Morgan fingerprint density at radius 3 is 2.16 bits per heavy atom. The summed E-state index contributed by atoms with van der Waals surface area (Å²) in [6.07, 6.45) is 3.53. The van der Waals surface area contributed by atoms with Crippen molar-refractivity contribution in [3.8, 4) is 5.69 Å². The molecule has 5 nitrogen and oxygen atoms in total. The highest BCUT2D eigenvalue weighted by Crippen LogP contribution is 2.36. The summed E-state index contributed by atoms with van der Waals surface area (Å²) < 4.78 is 2.38. The molecule has 6 aromatic rings. The molecule has 0 spiro atoms. The molecule has 1 aliphatic rings. The van der Waals surface area contributed by atoms with Gasteiger partial charge in [-0.2, -0.15) is 0 Å². The quantitative estimate of drug-likeness (QED) is 0.275. The van der Waals surface area contributed by atoms with Crippen molar-refractivity contribution >= 4 is 57.6 Å². The van der Waals surface area contributed by atoms with E-state index in [1.165, 1.54) is 37.9 Å². The molecule has 38 heavy (non-hydrogen) atoms. The second-order valence-electron chi connectivity index (χ2n) is 10.6. The van der Waals surface area contributed by atoms with Crippen LogP contribution in [0.15, 0.2) is 109 Å². The third-order valence-electron chi connectivity index (χ3n) is 7.92. The van der Waals surface area contributed by atoms with Gasteiger partial charge in [0.1, 0.15) is 8.07 Å². The van der Waals surface area contributed by atoms with Gasteiger partial charge < -0.3 is 14.4 Å². The van der Waals surface area contributed by atoms with Crippen LogP contribution in [0.4, 0.5) is 17.3 Å². The zero-order valence-electron chi connectivity index (χ0n) is 21.8. The van der Waals surface area contributed by atoms with E-state index in [4.69, 9.17) is 0 Å². The van der Waals surface area contributed by atoms with E-state index in [9.17, 15) is 0 Å². The largest absolute Gasteiger partial charge is 0.338 e. The number of fused-ring (bicyclic) bond motifs is 4. The number of hydrogen-bond acceptors (Lipinski definition) is 4. The Morgan fingerprint density at radius 1 is 0.632 bits per heavy atom. The molecule has 0 amide bonds. The molecular formula is C32H29N5Si. The summed E-state index contributed by atoms with van der Waals surface area (Å²) in [5.41, 5.74) is 4.84. The summed E-state index contributed by atoms with van der Waals surface area (Å²) in [5.74, 6) is 1.84. The van der Waals surface area contributed by atoms with Crippen LogP contribution >= 0.6 is 0 Å². The van der Waals surface area contributed by atoms with Crippen molar-refractivity contribution in [3.05, 3.63) is 109 Å². The van der Waals surface area contributed by atoms with Crippen molar-refractivity contribution in [3.63, 3.8) is 0 Å². The molecule has 0 bridgehead atoms. The van der Waals surface area contributed by atoms with Crippen molar-refractivity contribution in [1.82, 2.24) is 14.5 Å². The van der Waals surface area contributed by atoms with Crippen molar-refractivity contribution in [2.24, 2.45) is 0 Å². The fourth-order valence-electron chi connectivity index (χ4n) is 5.78. The van der Waals surface area contributed by atoms with Crippen molar-refractivity contribution in [2.75, 3.05) is 23.5 Å². The zero-order chi connectivity index (χ0) is 25.9. The molecule has 186 valence electrons. The summed E-state index contributed by atoms with van der Waals surface area (Å²) in [4.78, 5) is 13.6. The number of hydrogen-bond donors (Lipinski definition) is 0. The molecule has 0 saturated heterocycles. The van der Waals surface area contributed by atoms with Gasteiger partial charge in [-0.25, -0.2) is 9.97 Å². The van der Waals surface area contributed by atoms with Gasteiger partial charge in [-0.15, -0.1) is 0 Å². The maximum atomic E-state index is 4.64. The summed E-state index contributed by atoms with van der Waals surface area (Å²) in [5, 5.41) is 5.43. The number of para-hydroxylation sites is 2. The third-order valence-corrected chi connectivity index (χ3v) is 11.4. The van der Waals surface area contributed by atoms with Crippen molar-refractivity contribution in [2.45, 2.75) is 13.1 Å². The van der Waals surface area contributed by atoms with Gasteiger partial charge in [0.2, 0.25) is 0 Å². The first kappa shape index (κ1) is 22.7. The van der Waals surface area contributed by atoms with E-state index >= 15 is 0 Å². The average molecular weight is 512 g/mol. The van der Waals surface area contributed by atoms with Gasteiger partial charge in [0.25, 0.3) is 0 Å². The lowest BCUT2D eigenvalue weighted by Crippen LogP contribution is -2.52. The fraction of sp³-hybridized carbons (Fsp3) is 0.125. The molecule has 0 aliphatic carbocycles.